The summed E-state index contributed by atoms with van der Waals surface area (Å²) >= 11 is 0. The molecule has 4 heteroatoms. The van der Waals surface area contributed by atoms with Crippen LogP contribution in [0.5, 0.6) is 5.75 Å². The van der Waals surface area contributed by atoms with Gasteiger partial charge in [-0.3, -0.25) is 4.79 Å². The molecular weight excluding hydrogens is 288 g/mol. The monoisotopic (exact) mass is 312 g/mol. The zero-order valence-corrected chi connectivity index (χ0v) is 13.4. The minimum absolute atomic E-state index is 0.0884. The van der Waals surface area contributed by atoms with Crippen molar-refractivity contribution in [3.05, 3.63) is 29.8 Å². The van der Waals surface area contributed by atoms with Crippen molar-refractivity contribution >= 4 is 12.1 Å². The van der Waals surface area contributed by atoms with Crippen molar-refractivity contribution in [1.29, 1.82) is 0 Å². The van der Waals surface area contributed by atoms with Gasteiger partial charge in [-0.1, -0.05) is 25.0 Å². The number of para-hydroxylation sites is 1. The molecule has 0 unspecified atom stereocenters. The number of fused-ring (bicyclic) bond motifs is 1. The highest BCUT2D eigenvalue weighted by atomic mass is 16.3. The van der Waals surface area contributed by atoms with Gasteiger partial charge in [0.15, 0.2) is 0 Å². The third-order valence-electron chi connectivity index (χ3n) is 6.14. The van der Waals surface area contributed by atoms with Crippen molar-refractivity contribution in [2.45, 2.75) is 44.9 Å². The third kappa shape index (κ3) is 2.75. The van der Waals surface area contributed by atoms with Gasteiger partial charge in [-0.2, -0.15) is 5.10 Å². The first-order valence-corrected chi connectivity index (χ1v) is 8.76. The normalized spacial score (nSPS) is 35.4. The predicted octanol–water partition coefficient (Wildman–Crippen LogP) is 3.45. The Morgan fingerprint density at radius 3 is 2.48 bits per heavy atom. The first-order valence-electron chi connectivity index (χ1n) is 8.76. The van der Waals surface area contributed by atoms with Crippen LogP contribution in [0.3, 0.4) is 0 Å². The largest absolute Gasteiger partial charge is 0.507 e. The molecule has 2 N–H and O–H groups in total. The molecule has 4 fully saturated rings. The zero-order chi connectivity index (χ0) is 15.9. The summed E-state index contributed by atoms with van der Waals surface area (Å²) in [5.74, 6) is 2.47. The van der Waals surface area contributed by atoms with E-state index in [1.165, 1.54) is 31.9 Å². The Morgan fingerprint density at radius 2 is 1.78 bits per heavy atom. The van der Waals surface area contributed by atoms with E-state index in [1.54, 1.807) is 18.2 Å². The van der Waals surface area contributed by atoms with Gasteiger partial charge in [0.25, 0.3) is 0 Å². The van der Waals surface area contributed by atoms with Crippen LogP contribution in [0.2, 0.25) is 0 Å². The van der Waals surface area contributed by atoms with Crippen LogP contribution in [-0.4, -0.2) is 17.2 Å². The van der Waals surface area contributed by atoms with E-state index in [0.29, 0.717) is 5.56 Å². The number of hydrogen-bond acceptors (Lipinski definition) is 3. The van der Waals surface area contributed by atoms with E-state index < -0.39 is 0 Å². The Hall–Kier alpha value is -1.84. The maximum atomic E-state index is 12.8. The molecule has 0 saturated heterocycles. The number of rotatable bonds is 3. The van der Waals surface area contributed by atoms with Gasteiger partial charge in [0.2, 0.25) is 5.91 Å². The number of nitrogens with one attached hydrogen (secondary N) is 1. The van der Waals surface area contributed by atoms with E-state index in [4.69, 9.17) is 0 Å². The number of hydrogen-bond donors (Lipinski definition) is 2. The van der Waals surface area contributed by atoms with Gasteiger partial charge in [0.05, 0.1) is 11.6 Å². The lowest BCUT2D eigenvalue weighted by molar-refractivity contribution is -0.138. The summed E-state index contributed by atoms with van der Waals surface area (Å²) in [5.41, 5.74) is 3.19. The summed E-state index contributed by atoms with van der Waals surface area (Å²) < 4.78 is 0. The average molecular weight is 312 g/mol. The van der Waals surface area contributed by atoms with E-state index >= 15 is 0 Å². The Morgan fingerprint density at radius 1 is 1.13 bits per heavy atom. The summed E-state index contributed by atoms with van der Waals surface area (Å²) in [7, 11) is 0. The lowest BCUT2D eigenvalue weighted by Crippen LogP contribution is -2.47. The van der Waals surface area contributed by atoms with Crippen LogP contribution in [0.4, 0.5) is 0 Å². The number of carbonyl (C=O) groups is 1. The molecule has 4 aliphatic carbocycles. The first-order chi connectivity index (χ1) is 11.1. The van der Waals surface area contributed by atoms with Crippen LogP contribution in [0.15, 0.2) is 29.4 Å². The van der Waals surface area contributed by atoms with E-state index in [1.807, 2.05) is 6.07 Å². The molecule has 0 heterocycles. The van der Waals surface area contributed by atoms with Crippen molar-refractivity contribution in [3.63, 3.8) is 0 Å². The molecule has 0 aromatic heterocycles. The highest BCUT2D eigenvalue weighted by molar-refractivity contribution is 5.87. The molecule has 1 aromatic carbocycles. The van der Waals surface area contributed by atoms with Gasteiger partial charge in [0.1, 0.15) is 5.75 Å². The third-order valence-corrected chi connectivity index (χ3v) is 6.14. The van der Waals surface area contributed by atoms with Crippen molar-refractivity contribution in [2.24, 2.45) is 28.3 Å². The minimum Gasteiger partial charge on any atom is -0.507 e. The van der Waals surface area contributed by atoms with E-state index in [-0.39, 0.29) is 17.1 Å². The summed E-state index contributed by atoms with van der Waals surface area (Å²) in [5, 5.41) is 13.8. The fourth-order valence-corrected chi connectivity index (χ4v) is 5.35. The quantitative estimate of drug-likeness (QED) is 0.663. The maximum absolute atomic E-state index is 12.8. The number of phenols is 1. The fourth-order valence-electron chi connectivity index (χ4n) is 5.35. The van der Waals surface area contributed by atoms with E-state index in [9.17, 15) is 9.90 Å². The number of amides is 1. The number of aromatic hydroxyl groups is 1. The first kappa shape index (κ1) is 14.7. The summed E-state index contributed by atoms with van der Waals surface area (Å²) in [6.07, 6.45) is 9.91. The lowest BCUT2D eigenvalue weighted by atomic mass is 9.58. The Balaban J connectivity index is 1.48. The van der Waals surface area contributed by atoms with E-state index in [0.717, 1.165) is 37.0 Å². The van der Waals surface area contributed by atoms with Crippen LogP contribution in [-0.2, 0) is 4.79 Å². The van der Waals surface area contributed by atoms with Crippen LogP contribution < -0.4 is 5.43 Å². The highest BCUT2D eigenvalue weighted by Gasteiger charge is 2.52. The number of carbonyl (C=O) groups excluding carboxylic acids is 1. The second kappa shape index (κ2) is 5.66. The van der Waals surface area contributed by atoms with Gasteiger partial charge in [0, 0.05) is 5.56 Å². The van der Waals surface area contributed by atoms with Crippen LogP contribution in [0, 0.1) is 23.2 Å². The van der Waals surface area contributed by atoms with Gasteiger partial charge < -0.3 is 5.11 Å². The Labute approximate surface area is 137 Å². The van der Waals surface area contributed by atoms with Gasteiger partial charge in [-0.25, -0.2) is 5.43 Å². The lowest BCUT2D eigenvalue weighted by Gasteiger charge is -2.46. The Kier molecular flexibility index (Phi) is 3.63. The van der Waals surface area contributed by atoms with Crippen molar-refractivity contribution < 1.29 is 9.90 Å². The smallest absolute Gasteiger partial charge is 0.246 e. The number of hydrazone groups is 1. The van der Waals surface area contributed by atoms with Crippen molar-refractivity contribution in [3.8, 4) is 5.75 Å². The SMILES string of the molecule is O=C(N/N=C\c1ccccc1O)C12CC3C[C@@H](CC[C@H](C3)C1)C2. The fraction of sp³-hybridized carbons (Fsp3) is 0.579. The summed E-state index contributed by atoms with van der Waals surface area (Å²) in [6, 6.07) is 7.00. The summed E-state index contributed by atoms with van der Waals surface area (Å²) in [4.78, 5) is 12.8. The van der Waals surface area contributed by atoms with Gasteiger partial charge in [-0.15, -0.1) is 0 Å². The molecule has 1 amide bonds. The second-order valence-corrected chi connectivity index (χ2v) is 7.80. The maximum Gasteiger partial charge on any atom is 0.246 e. The number of nitrogens with zero attached hydrogens (tertiary/aromatic N) is 1. The van der Waals surface area contributed by atoms with Crippen molar-refractivity contribution in [1.82, 2.24) is 5.43 Å². The molecule has 4 bridgehead atoms. The summed E-state index contributed by atoms with van der Waals surface area (Å²) in [6.45, 7) is 0. The molecule has 1 aromatic rings. The van der Waals surface area contributed by atoms with E-state index in [2.05, 4.69) is 10.5 Å². The average Bonchev–Trinajstić information content (AvgIpc) is 2.75. The molecule has 0 spiro atoms. The highest BCUT2D eigenvalue weighted by Crippen LogP contribution is 2.57. The van der Waals surface area contributed by atoms with Crippen LogP contribution >= 0.6 is 0 Å². The molecule has 4 saturated carbocycles. The molecule has 23 heavy (non-hydrogen) atoms. The van der Waals surface area contributed by atoms with Crippen LogP contribution in [0.1, 0.15) is 50.5 Å². The molecule has 122 valence electrons. The second-order valence-electron chi connectivity index (χ2n) is 7.80. The molecule has 2 atom stereocenters. The number of phenolic OH excluding ortho intramolecular Hbond substituents is 1. The molecule has 4 aliphatic rings. The molecule has 5 rings (SSSR count). The predicted molar refractivity (Wildman–Crippen MR) is 89.1 cm³/mol. The number of benzene rings is 1. The molecule has 0 aliphatic heterocycles. The molecule has 4 nitrogen and oxygen atoms in total. The zero-order valence-electron chi connectivity index (χ0n) is 13.4. The van der Waals surface area contributed by atoms with Gasteiger partial charge >= 0.3 is 0 Å². The standard InChI is InChI=1S/C19H24N2O2/c22-17-4-2-1-3-16(17)12-20-21-18(23)19-9-13-5-6-14(10-19)8-15(7-13)11-19/h1-4,12-15,22H,5-11H2,(H,21,23)/b20-12-/t13-,14-,15?,19?/m1/s1. The van der Waals surface area contributed by atoms with Gasteiger partial charge in [-0.05, 0) is 62.0 Å². The topological polar surface area (TPSA) is 61.7 Å². The molecule has 0 radical (unpaired) electrons. The van der Waals surface area contributed by atoms with Crippen LogP contribution in [0.25, 0.3) is 0 Å². The Bertz CT molecular complexity index is 624. The molecular formula is C19H24N2O2. The minimum atomic E-state index is -0.191. The van der Waals surface area contributed by atoms with Crippen molar-refractivity contribution in [2.75, 3.05) is 0 Å².